The minimum absolute atomic E-state index is 0. The molecule has 1 saturated heterocycles. The smallest absolute Gasteiger partial charge is 0.233 e. The third-order valence-electron chi connectivity index (χ3n) is 6.18. The standard InChI is InChI=1S/C25H27N5O4.ClH/c1-25(2,31)22-9-15(34-23-12-26-17-7-5-6-8-18(17)29-23)13-30(22)24-16-10-20(32-3)21(33-4)11-19(16)27-14-28-24;/h5-8,10-12,14-15,22,31H,9,13H2,1-4H3;1H. The van der Waals surface area contributed by atoms with E-state index in [-0.39, 0.29) is 24.6 Å². The Morgan fingerprint density at radius 3 is 2.40 bits per heavy atom. The summed E-state index contributed by atoms with van der Waals surface area (Å²) < 4.78 is 17.2. The molecule has 0 radical (unpaired) electrons. The lowest BCUT2D eigenvalue weighted by molar-refractivity contribution is 0.0483. The van der Waals surface area contributed by atoms with Gasteiger partial charge in [-0.25, -0.2) is 19.9 Å². The average Bonchev–Trinajstić information content (AvgIpc) is 3.26. The maximum Gasteiger partial charge on any atom is 0.233 e. The molecule has 5 rings (SSSR count). The number of hydrogen-bond acceptors (Lipinski definition) is 9. The summed E-state index contributed by atoms with van der Waals surface area (Å²) in [5.41, 5.74) is 1.31. The Kier molecular flexibility index (Phi) is 6.82. The Bertz CT molecular complexity index is 1350. The topological polar surface area (TPSA) is 103 Å². The maximum atomic E-state index is 11.0. The molecule has 4 aromatic rings. The Balaban J connectivity index is 0.00000289. The molecule has 1 N–H and O–H groups in total. The summed E-state index contributed by atoms with van der Waals surface area (Å²) in [7, 11) is 3.19. The number of para-hydroxylation sites is 2. The third kappa shape index (κ3) is 4.74. The molecule has 2 unspecified atom stereocenters. The van der Waals surface area contributed by atoms with Crippen LogP contribution in [0.5, 0.6) is 17.4 Å². The van der Waals surface area contributed by atoms with Crippen LogP contribution in [0.2, 0.25) is 0 Å². The molecule has 3 heterocycles. The summed E-state index contributed by atoms with van der Waals surface area (Å²) in [5.74, 6) is 2.34. The quantitative estimate of drug-likeness (QED) is 0.426. The number of aromatic nitrogens is 4. The molecule has 0 amide bonds. The summed E-state index contributed by atoms with van der Waals surface area (Å²) in [5, 5.41) is 11.8. The summed E-state index contributed by atoms with van der Waals surface area (Å²) in [6.45, 7) is 4.12. The van der Waals surface area contributed by atoms with Gasteiger partial charge >= 0.3 is 0 Å². The van der Waals surface area contributed by atoms with E-state index in [0.29, 0.717) is 36.2 Å². The first-order valence-electron chi connectivity index (χ1n) is 11.1. The molecule has 9 nitrogen and oxygen atoms in total. The van der Waals surface area contributed by atoms with E-state index in [4.69, 9.17) is 14.2 Å². The SMILES string of the molecule is COc1cc2ncnc(N3CC(Oc4cnc5ccccc5n4)CC3C(C)(C)O)c2cc1OC.Cl. The first-order valence-corrected chi connectivity index (χ1v) is 11.1. The lowest BCUT2D eigenvalue weighted by atomic mass is 9.96. The highest BCUT2D eigenvalue weighted by molar-refractivity contribution is 5.92. The monoisotopic (exact) mass is 497 g/mol. The molecule has 1 fully saturated rings. The first kappa shape index (κ1) is 24.7. The van der Waals surface area contributed by atoms with Crippen LogP contribution in [0.25, 0.3) is 21.9 Å². The van der Waals surface area contributed by atoms with Crippen molar-refractivity contribution in [3.8, 4) is 17.4 Å². The normalized spacial score (nSPS) is 17.9. The molecule has 1 aliphatic heterocycles. The van der Waals surface area contributed by atoms with Gasteiger partial charge in [-0.1, -0.05) is 12.1 Å². The molecular formula is C25H28ClN5O4. The average molecular weight is 498 g/mol. The molecule has 1 aliphatic rings. The number of hydrogen-bond donors (Lipinski definition) is 1. The van der Waals surface area contributed by atoms with E-state index in [1.165, 1.54) is 6.33 Å². The number of nitrogens with zero attached hydrogens (tertiary/aromatic N) is 5. The minimum atomic E-state index is -0.999. The zero-order valence-electron chi connectivity index (χ0n) is 20.0. The van der Waals surface area contributed by atoms with Crippen LogP contribution >= 0.6 is 12.4 Å². The van der Waals surface area contributed by atoms with E-state index in [1.807, 2.05) is 36.4 Å². The van der Waals surface area contributed by atoms with Crippen LogP contribution in [0.4, 0.5) is 5.82 Å². The van der Waals surface area contributed by atoms with Crippen LogP contribution in [0.3, 0.4) is 0 Å². The fourth-order valence-corrected chi connectivity index (χ4v) is 4.55. The highest BCUT2D eigenvalue weighted by Gasteiger charge is 2.43. The maximum absolute atomic E-state index is 11.0. The predicted octanol–water partition coefficient (Wildman–Crippen LogP) is 3.81. The van der Waals surface area contributed by atoms with Crippen molar-refractivity contribution in [1.82, 2.24) is 19.9 Å². The van der Waals surface area contributed by atoms with Gasteiger partial charge in [-0.05, 0) is 32.0 Å². The highest BCUT2D eigenvalue weighted by atomic mass is 35.5. The fourth-order valence-electron chi connectivity index (χ4n) is 4.55. The largest absolute Gasteiger partial charge is 0.493 e. The summed E-state index contributed by atoms with van der Waals surface area (Å²) in [6, 6.07) is 11.1. The molecule has 10 heteroatoms. The zero-order chi connectivity index (χ0) is 23.9. The number of anilines is 1. The van der Waals surface area contributed by atoms with Crippen molar-refractivity contribution in [1.29, 1.82) is 0 Å². The molecule has 0 bridgehead atoms. The van der Waals surface area contributed by atoms with Gasteiger partial charge < -0.3 is 24.2 Å². The van der Waals surface area contributed by atoms with E-state index < -0.39 is 5.60 Å². The van der Waals surface area contributed by atoms with E-state index in [1.54, 1.807) is 34.3 Å². The highest BCUT2D eigenvalue weighted by Crippen LogP contribution is 2.39. The molecular weight excluding hydrogens is 470 g/mol. The Labute approximate surface area is 209 Å². The number of benzene rings is 2. The lowest BCUT2D eigenvalue weighted by Gasteiger charge is -2.34. The van der Waals surface area contributed by atoms with Gasteiger partial charge in [-0.15, -0.1) is 12.4 Å². The number of halogens is 1. The third-order valence-corrected chi connectivity index (χ3v) is 6.18. The second kappa shape index (κ2) is 9.67. The molecule has 35 heavy (non-hydrogen) atoms. The van der Waals surface area contributed by atoms with Gasteiger partial charge in [-0.3, -0.25) is 0 Å². The summed E-state index contributed by atoms with van der Waals surface area (Å²) in [4.78, 5) is 20.1. The Morgan fingerprint density at radius 1 is 0.971 bits per heavy atom. The van der Waals surface area contributed by atoms with Crippen LogP contribution in [0, 0.1) is 0 Å². The molecule has 184 valence electrons. The van der Waals surface area contributed by atoms with Gasteiger partial charge in [0.25, 0.3) is 0 Å². The summed E-state index contributed by atoms with van der Waals surface area (Å²) in [6.07, 6.45) is 3.54. The van der Waals surface area contributed by atoms with Crippen LogP contribution in [-0.2, 0) is 0 Å². The van der Waals surface area contributed by atoms with E-state index in [0.717, 1.165) is 21.9 Å². The zero-order valence-corrected chi connectivity index (χ0v) is 20.8. The van der Waals surface area contributed by atoms with Gasteiger partial charge in [0.15, 0.2) is 11.5 Å². The van der Waals surface area contributed by atoms with E-state index >= 15 is 0 Å². The predicted molar refractivity (Wildman–Crippen MR) is 136 cm³/mol. The van der Waals surface area contributed by atoms with Crippen LogP contribution in [0.15, 0.2) is 48.9 Å². The van der Waals surface area contributed by atoms with Crippen LogP contribution < -0.4 is 19.1 Å². The van der Waals surface area contributed by atoms with Crippen molar-refractivity contribution in [3.05, 3.63) is 48.9 Å². The van der Waals surface area contributed by atoms with Crippen molar-refractivity contribution < 1.29 is 19.3 Å². The lowest BCUT2D eigenvalue weighted by Crippen LogP contribution is -2.46. The van der Waals surface area contributed by atoms with E-state index in [2.05, 4.69) is 24.8 Å². The van der Waals surface area contributed by atoms with Gasteiger partial charge in [-0.2, -0.15) is 0 Å². The molecule has 2 aromatic carbocycles. The van der Waals surface area contributed by atoms with E-state index in [9.17, 15) is 5.11 Å². The van der Waals surface area contributed by atoms with Crippen molar-refractivity contribution >= 4 is 40.2 Å². The first-order chi connectivity index (χ1) is 16.4. The minimum Gasteiger partial charge on any atom is -0.493 e. The van der Waals surface area contributed by atoms with Gasteiger partial charge in [0.2, 0.25) is 5.88 Å². The number of aliphatic hydroxyl groups is 1. The Hall–Kier alpha value is -3.43. The molecule has 2 aromatic heterocycles. The molecule has 0 aliphatic carbocycles. The number of methoxy groups -OCH3 is 2. The van der Waals surface area contributed by atoms with Crippen molar-refractivity contribution in [3.63, 3.8) is 0 Å². The number of rotatable bonds is 6. The number of ether oxygens (including phenoxy) is 3. The van der Waals surface area contributed by atoms with Gasteiger partial charge in [0, 0.05) is 17.9 Å². The van der Waals surface area contributed by atoms with Crippen molar-refractivity contribution in [2.75, 3.05) is 25.7 Å². The van der Waals surface area contributed by atoms with Crippen molar-refractivity contribution in [2.24, 2.45) is 0 Å². The molecule has 0 saturated carbocycles. The Morgan fingerprint density at radius 2 is 1.69 bits per heavy atom. The summed E-state index contributed by atoms with van der Waals surface area (Å²) >= 11 is 0. The van der Waals surface area contributed by atoms with Crippen molar-refractivity contribution in [2.45, 2.75) is 38.0 Å². The van der Waals surface area contributed by atoms with Crippen LogP contribution in [-0.4, -0.2) is 63.6 Å². The fraction of sp³-hybridized carbons (Fsp3) is 0.360. The number of fused-ring (bicyclic) bond motifs is 2. The second-order valence-electron chi connectivity index (χ2n) is 8.92. The molecule has 2 atom stereocenters. The molecule has 0 spiro atoms. The second-order valence-corrected chi connectivity index (χ2v) is 8.92. The van der Waals surface area contributed by atoms with Gasteiger partial charge in [0.1, 0.15) is 18.2 Å². The van der Waals surface area contributed by atoms with Gasteiger partial charge in [0.05, 0.1) is 55.2 Å². The van der Waals surface area contributed by atoms with Crippen LogP contribution in [0.1, 0.15) is 20.3 Å².